The number of carbonyl (C=O) groups is 1. The molecular formula is C19H23NO4. The second-order valence-corrected chi connectivity index (χ2v) is 5.52. The van der Waals surface area contributed by atoms with Gasteiger partial charge in [0.2, 0.25) is 0 Å². The number of carbonyl (C=O) groups excluding carboxylic acids is 1. The summed E-state index contributed by atoms with van der Waals surface area (Å²) >= 11 is 0. The molecule has 0 spiro atoms. The van der Waals surface area contributed by atoms with Crippen LogP contribution in [0.3, 0.4) is 0 Å². The lowest BCUT2D eigenvalue weighted by molar-refractivity contribution is 0.101. The molecule has 0 bridgehead atoms. The first-order valence-corrected chi connectivity index (χ1v) is 7.84. The Labute approximate surface area is 142 Å². The highest BCUT2D eigenvalue weighted by Crippen LogP contribution is 2.13. The van der Waals surface area contributed by atoms with Gasteiger partial charge < -0.3 is 19.9 Å². The number of aliphatic hydroxyl groups excluding tert-OH is 1. The first-order chi connectivity index (χ1) is 11.6. The van der Waals surface area contributed by atoms with E-state index in [-0.39, 0.29) is 12.4 Å². The molecule has 0 saturated carbocycles. The summed E-state index contributed by atoms with van der Waals surface area (Å²) in [6.07, 6.45) is -0.615. The number of hydrogen-bond donors (Lipinski definition) is 2. The lowest BCUT2D eigenvalue weighted by atomic mass is 10.1. The van der Waals surface area contributed by atoms with Crippen LogP contribution in [0.1, 0.15) is 22.8 Å². The summed E-state index contributed by atoms with van der Waals surface area (Å²) < 4.78 is 10.6. The predicted molar refractivity (Wildman–Crippen MR) is 92.6 cm³/mol. The zero-order chi connectivity index (χ0) is 17.4. The van der Waals surface area contributed by atoms with Crippen molar-refractivity contribution in [1.82, 2.24) is 5.32 Å². The quantitative estimate of drug-likeness (QED) is 0.692. The molecule has 5 heteroatoms. The fourth-order valence-electron chi connectivity index (χ4n) is 2.16. The van der Waals surface area contributed by atoms with E-state index in [0.29, 0.717) is 24.4 Å². The van der Waals surface area contributed by atoms with Gasteiger partial charge in [-0.2, -0.15) is 0 Å². The van der Waals surface area contributed by atoms with E-state index in [1.807, 2.05) is 24.3 Å². The van der Waals surface area contributed by atoms with E-state index in [2.05, 4.69) is 5.32 Å². The Bertz CT molecular complexity index is 637. The third-order valence-corrected chi connectivity index (χ3v) is 3.57. The molecule has 0 aliphatic heterocycles. The number of ketones is 1. The number of nitrogens with one attached hydrogen (secondary N) is 1. The van der Waals surface area contributed by atoms with Crippen LogP contribution in [0.15, 0.2) is 48.5 Å². The molecule has 1 unspecified atom stereocenters. The van der Waals surface area contributed by atoms with Crippen LogP contribution in [0.25, 0.3) is 0 Å². The summed E-state index contributed by atoms with van der Waals surface area (Å²) in [4.78, 5) is 11.2. The van der Waals surface area contributed by atoms with Gasteiger partial charge in [-0.05, 0) is 48.9 Å². The van der Waals surface area contributed by atoms with Crippen LogP contribution in [-0.4, -0.2) is 37.3 Å². The van der Waals surface area contributed by atoms with Crippen molar-refractivity contribution in [2.45, 2.75) is 19.6 Å². The van der Waals surface area contributed by atoms with Crippen LogP contribution in [0.5, 0.6) is 11.5 Å². The van der Waals surface area contributed by atoms with E-state index < -0.39 is 6.10 Å². The van der Waals surface area contributed by atoms with Crippen LogP contribution in [0.2, 0.25) is 0 Å². The van der Waals surface area contributed by atoms with Crippen molar-refractivity contribution in [2.75, 3.05) is 20.3 Å². The Morgan fingerprint density at radius 1 is 1.08 bits per heavy atom. The number of hydrogen-bond acceptors (Lipinski definition) is 5. The average molecular weight is 329 g/mol. The fraction of sp³-hybridized carbons (Fsp3) is 0.316. The van der Waals surface area contributed by atoms with E-state index in [1.165, 1.54) is 6.92 Å². The van der Waals surface area contributed by atoms with Gasteiger partial charge in [0, 0.05) is 18.7 Å². The van der Waals surface area contributed by atoms with Gasteiger partial charge in [-0.1, -0.05) is 12.1 Å². The van der Waals surface area contributed by atoms with Gasteiger partial charge in [-0.15, -0.1) is 0 Å². The third kappa shape index (κ3) is 5.68. The fourth-order valence-corrected chi connectivity index (χ4v) is 2.16. The van der Waals surface area contributed by atoms with Crippen molar-refractivity contribution in [3.05, 3.63) is 59.7 Å². The van der Waals surface area contributed by atoms with E-state index in [1.54, 1.807) is 31.4 Å². The highest BCUT2D eigenvalue weighted by atomic mass is 16.5. The standard InChI is InChI=1S/C19H23NO4/c1-14(21)16-5-9-19(10-6-16)24-13-17(22)12-20-11-15-3-7-18(23-2)8-4-15/h3-10,17,20,22H,11-13H2,1-2H3. The molecule has 2 aromatic carbocycles. The van der Waals surface area contributed by atoms with Crippen molar-refractivity contribution < 1.29 is 19.4 Å². The maximum atomic E-state index is 11.2. The minimum absolute atomic E-state index is 0.0179. The lowest BCUT2D eigenvalue weighted by Gasteiger charge is -2.13. The Balaban J connectivity index is 1.69. The molecule has 24 heavy (non-hydrogen) atoms. The molecule has 0 heterocycles. The molecule has 0 aromatic heterocycles. The number of aliphatic hydroxyl groups is 1. The topological polar surface area (TPSA) is 67.8 Å². The Morgan fingerprint density at radius 2 is 1.71 bits per heavy atom. The van der Waals surface area contributed by atoms with E-state index >= 15 is 0 Å². The normalized spacial score (nSPS) is 11.8. The molecule has 0 saturated heterocycles. The Hall–Kier alpha value is -2.37. The third-order valence-electron chi connectivity index (χ3n) is 3.57. The average Bonchev–Trinajstić information content (AvgIpc) is 2.61. The van der Waals surface area contributed by atoms with Crippen LogP contribution >= 0.6 is 0 Å². The summed E-state index contributed by atoms with van der Waals surface area (Å²) in [5.74, 6) is 1.47. The van der Waals surface area contributed by atoms with Crippen LogP contribution in [0, 0.1) is 0 Å². The zero-order valence-corrected chi connectivity index (χ0v) is 14.0. The van der Waals surface area contributed by atoms with Gasteiger partial charge in [0.15, 0.2) is 5.78 Å². The van der Waals surface area contributed by atoms with Crippen molar-refractivity contribution in [3.8, 4) is 11.5 Å². The summed E-state index contributed by atoms with van der Waals surface area (Å²) in [5.41, 5.74) is 1.76. The maximum Gasteiger partial charge on any atom is 0.159 e. The first-order valence-electron chi connectivity index (χ1n) is 7.84. The zero-order valence-electron chi connectivity index (χ0n) is 14.0. The maximum absolute atomic E-state index is 11.2. The van der Waals surface area contributed by atoms with E-state index in [4.69, 9.17) is 9.47 Å². The van der Waals surface area contributed by atoms with Crippen LogP contribution < -0.4 is 14.8 Å². The molecule has 1 atom stereocenters. The predicted octanol–water partition coefficient (Wildman–Crippen LogP) is 2.43. The second kappa shape index (κ2) is 9.05. The van der Waals surface area contributed by atoms with Gasteiger partial charge in [-0.25, -0.2) is 0 Å². The van der Waals surface area contributed by atoms with Gasteiger partial charge in [0.1, 0.15) is 24.2 Å². The number of ether oxygens (including phenoxy) is 2. The van der Waals surface area contributed by atoms with Crippen LogP contribution in [0.4, 0.5) is 0 Å². The largest absolute Gasteiger partial charge is 0.497 e. The van der Waals surface area contributed by atoms with Gasteiger partial charge in [0.05, 0.1) is 7.11 Å². The molecule has 2 rings (SSSR count). The lowest BCUT2D eigenvalue weighted by Crippen LogP contribution is -2.31. The van der Waals surface area contributed by atoms with Gasteiger partial charge in [0.25, 0.3) is 0 Å². The first kappa shape index (κ1) is 18.0. The number of rotatable bonds is 9. The second-order valence-electron chi connectivity index (χ2n) is 5.52. The number of benzene rings is 2. The molecule has 0 radical (unpaired) electrons. The summed E-state index contributed by atoms with van der Waals surface area (Å²) in [7, 11) is 1.64. The molecule has 128 valence electrons. The minimum atomic E-state index is -0.615. The summed E-state index contributed by atoms with van der Waals surface area (Å²) in [6, 6.07) is 14.7. The van der Waals surface area contributed by atoms with Gasteiger partial charge in [-0.3, -0.25) is 4.79 Å². The SMILES string of the molecule is COc1ccc(CNCC(O)COc2ccc(C(C)=O)cc2)cc1. The van der Waals surface area contributed by atoms with Crippen LogP contribution in [-0.2, 0) is 6.54 Å². The minimum Gasteiger partial charge on any atom is -0.497 e. The number of methoxy groups -OCH3 is 1. The smallest absolute Gasteiger partial charge is 0.159 e. The molecule has 0 aliphatic carbocycles. The van der Waals surface area contributed by atoms with E-state index in [9.17, 15) is 9.90 Å². The molecule has 2 aromatic rings. The highest BCUT2D eigenvalue weighted by molar-refractivity contribution is 5.94. The molecule has 5 nitrogen and oxygen atoms in total. The molecule has 0 fully saturated rings. The van der Waals surface area contributed by atoms with Gasteiger partial charge >= 0.3 is 0 Å². The van der Waals surface area contributed by atoms with Crippen molar-refractivity contribution >= 4 is 5.78 Å². The molecule has 0 amide bonds. The summed E-state index contributed by atoms with van der Waals surface area (Å²) in [6.45, 7) is 2.80. The summed E-state index contributed by atoms with van der Waals surface area (Å²) in [5, 5.41) is 13.1. The Kier molecular flexibility index (Phi) is 6.78. The van der Waals surface area contributed by atoms with Crippen molar-refractivity contribution in [3.63, 3.8) is 0 Å². The Morgan fingerprint density at radius 3 is 2.29 bits per heavy atom. The highest BCUT2D eigenvalue weighted by Gasteiger charge is 2.06. The monoisotopic (exact) mass is 329 g/mol. The molecule has 2 N–H and O–H groups in total. The number of Topliss-reactive ketones (excluding diaryl/α,β-unsaturated/α-hetero) is 1. The molecular weight excluding hydrogens is 306 g/mol. The molecule has 0 aliphatic rings. The van der Waals surface area contributed by atoms with E-state index in [0.717, 1.165) is 11.3 Å². The van der Waals surface area contributed by atoms with Crippen molar-refractivity contribution in [2.24, 2.45) is 0 Å². The van der Waals surface area contributed by atoms with Crippen molar-refractivity contribution in [1.29, 1.82) is 0 Å².